The summed E-state index contributed by atoms with van der Waals surface area (Å²) in [6.45, 7) is 0. The number of aromatic hydroxyl groups is 2. The van der Waals surface area contributed by atoms with Crippen LogP contribution in [0.3, 0.4) is 0 Å². The maximum atomic E-state index is 10.0. The Balaban J connectivity index is 0.000000160. The van der Waals surface area contributed by atoms with E-state index in [1.807, 2.05) is 18.2 Å². The van der Waals surface area contributed by atoms with Crippen molar-refractivity contribution in [2.75, 3.05) is 0 Å². The third-order valence-corrected chi connectivity index (χ3v) is 1.79. The predicted molar refractivity (Wildman–Crippen MR) is 61.6 cm³/mol. The molecule has 2 aromatic carbocycles. The molecule has 0 aliphatic heterocycles. The Morgan fingerprint density at radius 2 is 1.19 bits per heavy atom. The van der Waals surface area contributed by atoms with E-state index in [-0.39, 0.29) is 11.5 Å². The molecule has 0 aromatic heterocycles. The van der Waals surface area contributed by atoms with Crippen LogP contribution in [0.5, 0.6) is 11.5 Å². The summed E-state index contributed by atoms with van der Waals surface area (Å²) in [4.78, 5) is 10.0. The van der Waals surface area contributed by atoms with Crippen LogP contribution in [0.2, 0.25) is 0 Å². The molecule has 16 heavy (non-hydrogen) atoms. The maximum absolute atomic E-state index is 10.0. The van der Waals surface area contributed by atoms with Crippen LogP contribution in [0, 0.1) is 0 Å². The van der Waals surface area contributed by atoms with Crippen molar-refractivity contribution in [3.63, 3.8) is 0 Å². The Morgan fingerprint density at radius 1 is 0.750 bits per heavy atom. The minimum Gasteiger partial charge on any atom is -0.508 e. The van der Waals surface area contributed by atoms with Gasteiger partial charge in [0.2, 0.25) is 0 Å². The summed E-state index contributed by atoms with van der Waals surface area (Å²) in [5.41, 5.74) is 0.729. The van der Waals surface area contributed by atoms with Gasteiger partial charge >= 0.3 is 0 Å². The zero-order chi connectivity index (χ0) is 11.8. The zero-order valence-electron chi connectivity index (χ0n) is 8.58. The van der Waals surface area contributed by atoms with Gasteiger partial charge < -0.3 is 10.2 Å². The van der Waals surface area contributed by atoms with Crippen LogP contribution >= 0.6 is 0 Å². The molecule has 0 spiro atoms. The summed E-state index contributed by atoms with van der Waals surface area (Å²) in [5, 5.41) is 17.3. The topological polar surface area (TPSA) is 57.5 Å². The van der Waals surface area contributed by atoms with E-state index >= 15 is 0 Å². The first-order valence-corrected chi connectivity index (χ1v) is 4.70. The highest BCUT2D eigenvalue weighted by Gasteiger charge is 1.84. The SMILES string of the molecule is O=Cc1ccccc1.Oc1ccc(O)cc1. The van der Waals surface area contributed by atoms with Gasteiger partial charge in [0.15, 0.2) is 0 Å². The summed E-state index contributed by atoms with van der Waals surface area (Å²) in [6.07, 6.45) is 0.833. The minimum atomic E-state index is 0.169. The first-order chi connectivity index (χ1) is 7.72. The van der Waals surface area contributed by atoms with Gasteiger partial charge in [-0.05, 0) is 24.3 Å². The molecule has 0 saturated carbocycles. The molecular weight excluding hydrogens is 204 g/mol. The molecule has 0 fully saturated rings. The number of phenols is 2. The molecule has 2 rings (SSSR count). The van der Waals surface area contributed by atoms with Crippen molar-refractivity contribution >= 4 is 6.29 Å². The van der Waals surface area contributed by atoms with Crippen molar-refractivity contribution in [2.24, 2.45) is 0 Å². The molecule has 0 amide bonds. The van der Waals surface area contributed by atoms with Crippen LogP contribution in [0.25, 0.3) is 0 Å². The monoisotopic (exact) mass is 216 g/mol. The quantitative estimate of drug-likeness (QED) is 0.569. The second-order valence-corrected chi connectivity index (χ2v) is 3.04. The lowest BCUT2D eigenvalue weighted by Crippen LogP contribution is -1.73. The molecule has 0 unspecified atom stereocenters. The summed E-state index contributed by atoms with van der Waals surface area (Å²) < 4.78 is 0. The van der Waals surface area contributed by atoms with Gasteiger partial charge in [0.25, 0.3) is 0 Å². The Hall–Kier alpha value is -2.29. The van der Waals surface area contributed by atoms with Gasteiger partial charge in [0.05, 0.1) is 0 Å². The molecule has 0 aliphatic rings. The van der Waals surface area contributed by atoms with Gasteiger partial charge in [0.1, 0.15) is 17.8 Å². The lowest BCUT2D eigenvalue weighted by Gasteiger charge is -1.88. The van der Waals surface area contributed by atoms with Crippen LogP contribution in [-0.4, -0.2) is 16.5 Å². The van der Waals surface area contributed by atoms with Crippen LogP contribution in [0.15, 0.2) is 54.6 Å². The zero-order valence-corrected chi connectivity index (χ0v) is 8.58. The highest BCUT2D eigenvalue weighted by molar-refractivity contribution is 5.74. The minimum absolute atomic E-state index is 0.169. The lowest BCUT2D eigenvalue weighted by molar-refractivity contribution is 0.112. The molecule has 82 valence electrons. The number of hydrogen-bond donors (Lipinski definition) is 2. The molecule has 0 radical (unpaired) electrons. The fraction of sp³-hybridized carbons (Fsp3) is 0. The molecule has 0 bridgehead atoms. The van der Waals surface area contributed by atoms with E-state index in [1.165, 1.54) is 24.3 Å². The van der Waals surface area contributed by atoms with Gasteiger partial charge in [-0.2, -0.15) is 0 Å². The second kappa shape index (κ2) is 6.24. The van der Waals surface area contributed by atoms with Gasteiger partial charge in [-0.15, -0.1) is 0 Å². The number of rotatable bonds is 1. The number of aldehydes is 1. The Bertz CT molecular complexity index is 400. The van der Waals surface area contributed by atoms with E-state index in [2.05, 4.69) is 0 Å². The number of carbonyl (C=O) groups is 1. The third kappa shape index (κ3) is 4.28. The van der Waals surface area contributed by atoms with Crippen LogP contribution in [0.4, 0.5) is 0 Å². The van der Waals surface area contributed by atoms with Gasteiger partial charge in [-0.3, -0.25) is 4.79 Å². The van der Waals surface area contributed by atoms with Gasteiger partial charge in [-0.1, -0.05) is 30.3 Å². The molecular formula is C13H12O3. The highest BCUT2D eigenvalue weighted by atomic mass is 16.3. The molecule has 0 atom stereocenters. The first-order valence-electron chi connectivity index (χ1n) is 4.70. The molecule has 0 heterocycles. The van der Waals surface area contributed by atoms with Crippen molar-refractivity contribution in [1.29, 1.82) is 0 Å². The van der Waals surface area contributed by atoms with E-state index in [1.54, 1.807) is 12.1 Å². The van der Waals surface area contributed by atoms with Crippen molar-refractivity contribution < 1.29 is 15.0 Å². The van der Waals surface area contributed by atoms with E-state index in [0.717, 1.165) is 11.8 Å². The van der Waals surface area contributed by atoms with Crippen LogP contribution in [-0.2, 0) is 0 Å². The van der Waals surface area contributed by atoms with Crippen molar-refractivity contribution in [2.45, 2.75) is 0 Å². The highest BCUT2D eigenvalue weighted by Crippen LogP contribution is 2.13. The smallest absolute Gasteiger partial charge is 0.150 e. The third-order valence-electron chi connectivity index (χ3n) is 1.79. The maximum Gasteiger partial charge on any atom is 0.150 e. The summed E-state index contributed by atoms with van der Waals surface area (Å²) in [5.74, 6) is 0.339. The molecule has 3 heteroatoms. The molecule has 0 saturated heterocycles. The van der Waals surface area contributed by atoms with Crippen LogP contribution < -0.4 is 0 Å². The molecule has 2 aromatic rings. The standard InChI is InChI=1S/C7H6O.C6H6O2/c8-6-7-4-2-1-3-5-7;7-5-1-2-6(8)4-3-5/h1-6H;1-4,7-8H. The Kier molecular flexibility index (Phi) is 4.60. The van der Waals surface area contributed by atoms with Crippen molar-refractivity contribution in [3.05, 3.63) is 60.2 Å². The number of phenolic OH excluding ortho intramolecular Hbond substituents is 2. The average molecular weight is 216 g/mol. The van der Waals surface area contributed by atoms with Gasteiger partial charge in [0, 0.05) is 5.56 Å². The van der Waals surface area contributed by atoms with Gasteiger partial charge in [-0.25, -0.2) is 0 Å². The van der Waals surface area contributed by atoms with Crippen LogP contribution in [0.1, 0.15) is 10.4 Å². The molecule has 3 nitrogen and oxygen atoms in total. The largest absolute Gasteiger partial charge is 0.508 e. The van der Waals surface area contributed by atoms with E-state index in [0.29, 0.717) is 0 Å². The number of carbonyl (C=O) groups excluding carboxylic acids is 1. The van der Waals surface area contributed by atoms with Crippen molar-refractivity contribution in [3.8, 4) is 11.5 Å². The summed E-state index contributed by atoms with van der Waals surface area (Å²) in [6, 6.07) is 14.8. The molecule has 2 N–H and O–H groups in total. The predicted octanol–water partition coefficient (Wildman–Crippen LogP) is 2.60. The first kappa shape index (κ1) is 11.8. The van der Waals surface area contributed by atoms with E-state index < -0.39 is 0 Å². The Morgan fingerprint density at radius 3 is 1.50 bits per heavy atom. The normalized spacial score (nSPS) is 8.75. The van der Waals surface area contributed by atoms with E-state index in [9.17, 15) is 4.79 Å². The summed E-state index contributed by atoms with van der Waals surface area (Å²) in [7, 11) is 0. The Labute approximate surface area is 93.6 Å². The van der Waals surface area contributed by atoms with E-state index in [4.69, 9.17) is 10.2 Å². The van der Waals surface area contributed by atoms with Crippen molar-refractivity contribution in [1.82, 2.24) is 0 Å². The summed E-state index contributed by atoms with van der Waals surface area (Å²) >= 11 is 0. The average Bonchev–Trinajstić information content (AvgIpc) is 2.35. The number of benzene rings is 2. The second-order valence-electron chi connectivity index (χ2n) is 3.04. The fourth-order valence-corrected chi connectivity index (χ4v) is 0.984. The molecule has 0 aliphatic carbocycles. The fourth-order valence-electron chi connectivity index (χ4n) is 0.984. The lowest BCUT2D eigenvalue weighted by atomic mass is 10.2. The number of hydrogen-bond acceptors (Lipinski definition) is 3.